The maximum atomic E-state index is 11.3. The average Bonchev–Trinajstić information content (AvgIpc) is 2.04. The Morgan fingerprint density at radius 3 is 2.77 bits per heavy atom. The van der Waals surface area contributed by atoms with Crippen LogP contribution in [0.4, 0.5) is 0 Å². The molecule has 0 bridgehead atoms. The fraction of sp³-hybridized carbons (Fsp3) is 0.889. The monoisotopic (exact) mass is 186 g/mol. The number of carbonyl (C=O) groups excluding carboxylic acids is 1. The van der Waals surface area contributed by atoms with E-state index in [1.54, 1.807) is 6.92 Å². The van der Waals surface area contributed by atoms with Gasteiger partial charge in [0.15, 0.2) is 0 Å². The number of hydrogen-bond acceptors (Lipinski definition) is 3. The van der Waals surface area contributed by atoms with Crippen molar-refractivity contribution in [1.29, 1.82) is 0 Å². The molecule has 0 spiro atoms. The van der Waals surface area contributed by atoms with Crippen LogP contribution in [0.25, 0.3) is 0 Å². The second-order valence-corrected chi connectivity index (χ2v) is 3.88. The van der Waals surface area contributed by atoms with Crippen molar-refractivity contribution in [3.63, 3.8) is 0 Å². The fourth-order valence-corrected chi connectivity index (χ4v) is 1.96. The molecule has 1 fully saturated rings. The first-order valence-corrected chi connectivity index (χ1v) is 4.80. The molecule has 4 nitrogen and oxygen atoms in total. The van der Waals surface area contributed by atoms with Crippen LogP contribution in [0, 0.1) is 0 Å². The van der Waals surface area contributed by atoms with Gasteiger partial charge in [-0.15, -0.1) is 0 Å². The Balaban J connectivity index is 2.67. The van der Waals surface area contributed by atoms with E-state index in [-0.39, 0.29) is 5.91 Å². The van der Waals surface area contributed by atoms with E-state index in [1.807, 2.05) is 0 Å². The number of carbonyl (C=O) groups is 1. The topological polar surface area (TPSA) is 75.3 Å². The molecule has 0 radical (unpaired) electrons. The van der Waals surface area contributed by atoms with Crippen LogP contribution >= 0.6 is 0 Å². The molecule has 0 aromatic carbocycles. The summed E-state index contributed by atoms with van der Waals surface area (Å²) in [4.78, 5) is 11.3. The Kier molecular flexibility index (Phi) is 3.27. The SMILES string of the molecule is CC(O)CC1(C(N)=O)CCCCN1. The average molecular weight is 186 g/mol. The van der Waals surface area contributed by atoms with Crippen LogP contribution in [0.2, 0.25) is 0 Å². The molecule has 76 valence electrons. The van der Waals surface area contributed by atoms with Gasteiger partial charge in [0, 0.05) is 6.42 Å². The van der Waals surface area contributed by atoms with E-state index >= 15 is 0 Å². The molecule has 1 aliphatic rings. The van der Waals surface area contributed by atoms with E-state index in [1.165, 1.54) is 0 Å². The van der Waals surface area contributed by atoms with Crippen LogP contribution in [0.5, 0.6) is 0 Å². The van der Waals surface area contributed by atoms with Crippen LogP contribution in [-0.4, -0.2) is 29.2 Å². The van der Waals surface area contributed by atoms with Crippen molar-refractivity contribution in [3.05, 3.63) is 0 Å². The second-order valence-electron chi connectivity index (χ2n) is 3.88. The van der Waals surface area contributed by atoms with Crippen molar-refractivity contribution in [2.75, 3.05) is 6.54 Å². The van der Waals surface area contributed by atoms with Gasteiger partial charge in [-0.1, -0.05) is 0 Å². The predicted molar refractivity (Wildman–Crippen MR) is 50.1 cm³/mol. The van der Waals surface area contributed by atoms with Gasteiger partial charge in [-0.05, 0) is 32.7 Å². The lowest BCUT2D eigenvalue weighted by Gasteiger charge is -2.36. The van der Waals surface area contributed by atoms with Crippen molar-refractivity contribution in [1.82, 2.24) is 5.32 Å². The zero-order valence-corrected chi connectivity index (χ0v) is 8.05. The third-order valence-electron chi connectivity index (χ3n) is 2.61. The Labute approximate surface area is 78.5 Å². The number of nitrogens with two attached hydrogens (primary N) is 1. The van der Waals surface area contributed by atoms with E-state index < -0.39 is 11.6 Å². The van der Waals surface area contributed by atoms with Gasteiger partial charge in [-0.3, -0.25) is 4.79 Å². The van der Waals surface area contributed by atoms with E-state index in [4.69, 9.17) is 5.73 Å². The molecule has 1 heterocycles. The van der Waals surface area contributed by atoms with Crippen molar-refractivity contribution in [3.8, 4) is 0 Å². The van der Waals surface area contributed by atoms with Crippen molar-refractivity contribution < 1.29 is 9.90 Å². The summed E-state index contributed by atoms with van der Waals surface area (Å²) in [6, 6.07) is 0. The molecule has 0 aromatic rings. The first kappa shape index (κ1) is 10.5. The Morgan fingerprint density at radius 1 is 1.69 bits per heavy atom. The van der Waals surface area contributed by atoms with Gasteiger partial charge in [0.1, 0.15) is 5.54 Å². The van der Waals surface area contributed by atoms with Crippen molar-refractivity contribution in [2.24, 2.45) is 5.73 Å². The Morgan fingerprint density at radius 2 is 2.38 bits per heavy atom. The quantitative estimate of drug-likeness (QED) is 0.569. The summed E-state index contributed by atoms with van der Waals surface area (Å²) >= 11 is 0. The van der Waals surface area contributed by atoms with Gasteiger partial charge < -0.3 is 16.2 Å². The molecular formula is C9H18N2O2. The fourth-order valence-electron chi connectivity index (χ4n) is 1.96. The van der Waals surface area contributed by atoms with Gasteiger partial charge in [0.2, 0.25) is 5.91 Å². The van der Waals surface area contributed by atoms with Crippen LogP contribution < -0.4 is 11.1 Å². The zero-order chi connectivity index (χ0) is 9.90. The number of rotatable bonds is 3. The number of primary amides is 1. The highest BCUT2D eigenvalue weighted by atomic mass is 16.3. The largest absolute Gasteiger partial charge is 0.393 e. The zero-order valence-electron chi connectivity index (χ0n) is 8.05. The van der Waals surface area contributed by atoms with Gasteiger partial charge in [0.25, 0.3) is 0 Å². The van der Waals surface area contributed by atoms with E-state index in [0.717, 1.165) is 25.8 Å². The Bertz CT molecular complexity index is 186. The van der Waals surface area contributed by atoms with Crippen molar-refractivity contribution in [2.45, 2.75) is 44.2 Å². The minimum atomic E-state index is -0.660. The molecule has 2 unspecified atom stereocenters. The summed E-state index contributed by atoms with van der Waals surface area (Å²) in [5.74, 6) is -0.340. The molecule has 0 aromatic heterocycles. The maximum absolute atomic E-state index is 11.3. The predicted octanol–water partition coefficient (Wildman–Crippen LogP) is -0.245. The molecule has 4 N–H and O–H groups in total. The summed E-state index contributed by atoms with van der Waals surface area (Å²) in [5, 5.41) is 12.4. The summed E-state index contributed by atoms with van der Waals surface area (Å²) in [6.45, 7) is 2.50. The van der Waals surface area contributed by atoms with Crippen LogP contribution in [0.15, 0.2) is 0 Å². The number of hydrogen-bond donors (Lipinski definition) is 3. The normalized spacial score (nSPS) is 31.2. The standard InChI is InChI=1S/C9H18N2O2/c1-7(12)6-9(8(10)13)4-2-3-5-11-9/h7,11-12H,2-6H2,1H3,(H2,10,13). The van der Waals surface area contributed by atoms with Gasteiger partial charge in [0.05, 0.1) is 6.10 Å². The van der Waals surface area contributed by atoms with Crippen LogP contribution in [0.1, 0.15) is 32.6 Å². The lowest BCUT2D eigenvalue weighted by molar-refractivity contribution is -0.126. The minimum Gasteiger partial charge on any atom is -0.393 e. The highest BCUT2D eigenvalue weighted by Gasteiger charge is 2.38. The number of aliphatic hydroxyl groups is 1. The summed E-state index contributed by atoms with van der Waals surface area (Å²) in [6.07, 6.45) is 2.76. The van der Waals surface area contributed by atoms with Crippen molar-refractivity contribution >= 4 is 5.91 Å². The van der Waals surface area contributed by atoms with E-state index in [2.05, 4.69) is 5.32 Å². The molecule has 0 aliphatic carbocycles. The minimum absolute atomic E-state index is 0.340. The molecule has 13 heavy (non-hydrogen) atoms. The molecule has 4 heteroatoms. The molecule has 2 atom stereocenters. The van der Waals surface area contributed by atoms with E-state index in [0.29, 0.717) is 6.42 Å². The Hall–Kier alpha value is -0.610. The van der Waals surface area contributed by atoms with Gasteiger partial charge in [-0.25, -0.2) is 0 Å². The maximum Gasteiger partial charge on any atom is 0.237 e. The van der Waals surface area contributed by atoms with Crippen LogP contribution in [0.3, 0.4) is 0 Å². The molecule has 1 saturated heterocycles. The smallest absolute Gasteiger partial charge is 0.237 e. The first-order valence-electron chi connectivity index (χ1n) is 4.80. The summed E-state index contributed by atoms with van der Waals surface area (Å²) in [7, 11) is 0. The van der Waals surface area contributed by atoms with E-state index in [9.17, 15) is 9.90 Å². The molecule has 1 rings (SSSR count). The number of nitrogens with one attached hydrogen (secondary N) is 1. The highest BCUT2D eigenvalue weighted by molar-refractivity contribution is 5.84. The lowest BCUT2D eigenvalue weighted by Crippen LogP contribution is -2.58. The molecule has 1 amide bonds. The third-order valence-corrected chi connectivity index (χ3v) is 2.61. The van der Waals surface area contributed by atoms with Gasteiger partial charge >= 0.3 is 0 Å². The molecule has 1 aliphatic heterocycles. The first-order chi connectivity index (χ1) is 6.07. The van der Waals surface area contributed by atoms with Crippen LogP contribution in [-0.2, 0) is 4.79 Å². The number of aliphatic hydroxyl groups excluding tert-OH is 1. The molecule has 0 saturated carbocycles. The molecular weight excluding hydrogens is 168 g/mol. The number of amides is 1. The second kappa shape index (κ2) is 4.07. The third kappa shape index (κ3) is 2.42. The highest BCUT2D eigenvalue weighted by Crippen LogP contribution is 2.23. The summed E-state index contributed by atoms with van der Waals surface area (Å²) in [5.41, 5.74) is 4.68. The summed E-state index contributed by atoms with van der Waals surface area (Å²) < 4.78 is 0. The lowest BCUT2D eigenvalue weighted by atomic mass is 9.83. The number of piperidine rings is 1. The van der Waals surface area contributed by atoms with Gasteiger partial charge in [-0.2, -0.15) is 0 Å².